The fraction of sp³-hybridized carbons (Fsp3) is 0.818. The van der Waals surface area contributed by atoms with Crippen molar-refractivity contribution >= 4 is 5.91 Å². The normalized spacial score (nSPS) is 11.9. The first-order chi connectivity index (χ1) is 7.71. The van der Waals surface area contributed by atoms with E-state index in [2.05, 4.69) is 0 Å². The van der Waals surface area contributed by atoms with Crippen molar-refractivity contribution < 1.29 is 14.3 Å². The first-order valence-corrected chi connectivity index (χ1v) is 5.37. The number of carbonyl (C=O) groups is 1. The third-order valence-electron chi connectivity index (χ3n) is 2.30. The van der Waals surface area contributed by atoms with Crippen molar-refractivity contribution in [1.82, 2.24) is 4.90 Å². The highest BCUT2D eigenvalue weighted by Crippen LogP contribution is 2.06. The molecule has 5 heteroatoms. The second-order valence-electron chi connectivity index (χ2n) is 3.40. The molecule has 0 aromatic rings. The number of nitriles is 1. The van der Waals surface area contributed by atoms with Gasteiger partial charge in [0.15, 0.2) is 0 Å². The third-order valence-corrected chi connectivity index (χ3v) is 2.30. The summed E-state index contributed by atoms with van der Waals surface area (Å²) >= 11 is 0. The minimum absolute atomic E-state index is 0.140. The average Bonchev–Trinajstić information content (AvgIpc) is 2.30. The minimum Gasteiger partial charge on any atom is -0.383 e. The first-order valence-electron chi connectivity index (χ1n) is 5.37. The van der Waals surface area contributed by atoms with Crippen LogP contribution in [-0.4, -0.2) is 51.3 Å². The van der Waals surface area contributed by atoms with Crippen LogP contribution in [0.1, 0.15) is 13.3 Å². The number of nitrogens with zero attached hydrogens (tertiary/aromatic N) is 2. The van der Waals surface area contributed by atoms with E-state index in [1.807, 2.05) is 13.0 Å². The highest BCUT2D eigenvalue weighted by atomic mass is 16.5. The zero-order valence-corrected chi connectivity index (χ0v) is 10.2. The van der Waals surface area contributed by atoms with Gasteiger partial charge in [-0.3, -0.25) is 4.79 Å². The summed E-state index contributed by atoms with van der Waals surface area (Å²) in [6, 6.07) is 2.01. The predicted octanol–water partition coefficient (Wildman–Crippen LogP) is 0.658. The number of ether oxygens (including phenoxy) is 2. The summed E-state index contributed by atoms with van der Waals surface area (Å²) in [4.78, 5) is 13.5. The summed E-state index contributed by atoms with van der Waals surface area (Å²) in [5.41, 5.74) is 0. The van der Waals surface area contributed by atoms with Crippen LogP contribution in [0.3, 0.4) is 0 Å². The summed E-state index contributed by atoms with van der Waals surface area (Å²) in [5.74, 6) is -0.701. The molecule has 16 heavy (non-hydrogen) atoms. The van der Waals surface area contributed by atoms with Gasteiger partial charge in [0.05, 0.1) is 19.3 Å². The van der Waals surface area contributed by atoms with E-state index in [-0.39, 0.29) is 5.91 Å². The van der Waals surface area contributed by atoms with Gasteiger partial charge >= 0.3 is 0 Å². The van der Waals surface area contributed by atoms with Gasteiger partial charge in [-0.05, 0) is 6.42 Å². The van der Waals surface area contributed by atoms with Crippen molar-refractivity contribution in [2.75, 3.05) is 40.5 Å². The summed E-state index contributed by atoms with van der Waals surface area (Å²) in [5, 5.41) is 8.84. The van der Waals surface area contributed by atoms with Gasteiger partial charge in [0, 0.05) is 27.3 Å². The molecule has 0 saturated heterocycles. The standard InChI is InChI=1S/C11H20N2O3/c1-4-10(9-12)11(14)13(5-7-15-2)6-8-16-3/h10H,4-8H2,1-3H3. The summed E-state index contributed by atoms with van der Waals surface area (Å²) in [7, 11) is 3.17. The van der Waals surface area contributed by atoms with Crippen molar-refractivity contribution in [2.24, 2.45) is 5.92 Å². The maximum absolute atomic E-state index is 11.9. The molecule has 0 aliphatic heterocycles. The van der Waals surface area contributed by atoms with Crippen molar-refractivity contribution in [3.05, 3.63) is 0 Å². The molecule has 0 rings (SSSR count). The van der Waals surface area contributed by atoms with Crippen LogP contribution in [0.4, 0.5) is 0 Å². The summed E-state index contributed by atoms with van der Waals surface area (Å²) in [6.45, 7) is 3.76. The topological polar surface area (TPSA) is 62.6 Å². The predicted molar refractivity (Wildman–Crippen MR) is 59.7 cm³/mol. The molecule has 0 aromatic carbocycles. The van der Waals surface area contributed by atoms with E-state index in [4.69, 9.17) is 14.7 Å². The fourth-order valence-electron chi connectivity index (χ4n) is 1.28. The summed E-state index contributed by atoms with van der Waals surface area (Å²) in [6.07, 6.45) is 0.534. The Morgan fingerprint density at radius 3 is 2.12 bits per heavy atom. The molecule has 0 aromatic heterocycles. The lowest BCUT2D eigenvalue weighted by Crippen LogP contribution is -2.39. The number of hydrogen-bond acceptors (Lipinski definition) is 4. The van der Waals surface area contributed by atoms with Gasteiger partial charge in [0.1, 0.15) is 5.92 Å². The lowest BCUT2D eigenvalue weighted by molar-refractivity contribution is -0.135. The van der Waals surface area contributed by atoms with Gasteiger partial charge < -0.3 is 14.4 Å². The third kappa shape index (κ3) is 5.10. The van der Waals surface area contributed by atoms with Crippen molar-refractivity contribution in [2.45, 2.75) is 13.3 Å². The molecule has 0 radical (unpaired) electrons. The number of methoxy groups -OCH3 is 2. The van der Waals surface area contributed by atoms with Crippen LogP contribution in [0.15, 0.2) is 0 Å². The van der Waals surface area contributed by atoms with Gasteiger partial charge in [-0.2, -0.15) is 5.26 Å². The smallest absolute Gasteiger partial charge is 0.240 e. The SMILES string of the molecule is CCC(C#N)C(=O)N(CCOC)CCOC. The Balaban J connectivity index is 4.35. The summed E-state index contributed by atoms with van der Waals surface area (Å²) < 4.78 is 9.86. The minimum atomic E-state index is -0.561. The highest BCUT2D eigenvalue weighted by molar-refractivity contribution is 5.81. The number of rotatable bonds is 8. The molecule has 0 N–H and O–H groups in total. The number of carbonyl (C=O) groups excluding carboxylic acids is 1. The number of hydrogen-bond donors (Lipinski definition) is 0. The highest BCUT2D eigenvalue weighted by Gasteiger charge is 2.21. The second kappa shape index (κ2) is 9.13. The van der Waals surface area contributed by atoms with E-state index in [1.165, 1.54) is 0 Å². The maximum atomic E-state index is 11.9. The molecule has 1 atom stereocenters. The second-order valence-corrected chi connectivity index (χ2v) is 3.40. The number of amides is 1. The first kappa shape index (κ1) is 14.9. The molecule has 5 nitrogen and oxygen atoms in total. The molecular weight excluding hydrogens is 208 g/mol. The van der Waals surface area contributed by atoms with Crippen LogP contribution in [0.25, 0.3) is 0 Å². The van der Waals surface area contributed by atoms with Crippen molar-refractivity contribution in [3.8, 4) is 6.07 Å². The molecule has 1 unspecified atom stereocenters. The Kier molecular flexibility index (Phi) is 8.49. The zero-order valence-electron chi connectivity index (χ0n) is 10.2. The molecule has 1 amide bonds. The molecule has 0 aliphatic carbocycles. The molecule has 0 bridgehead atoms. The van der Waals surface area contributed by atoms with Gasteiger partial charge in [-0.15, -0.1) is 0 Å². The van der Waals surface area contributed by atoms with Gasteiger partial charge in [-0.25, -0.2) is 0 Å². The zero-order chi connectivity index (χ0) is 12.4. The Morgan fingerprint density at radius 1 is 1.31 bits per heavy atom. The van der Waals surface area contributed by atoms with Crippen LogP contribution < -0.4 is 0 Å². The molecule has 0 aliphatic rings. The molecule has 0 heterocycles. The van der Waals surface area contributed by atoms with Crippen molar-refractivity contribution in [1.29, 1.82) is 5.26 Å². The molecule has 0 saturated carbocycles. The van der Waals surface area contributed by atoms with E-state index in [9.17, 15) is 4.79 Å². The van der Waals surface area contributed by atoms with Crippen molar-refractivity contribution in [3.63, 3.8) is 0 Å². The van der Waals surface area contributed by atoms with Gasteiger partial charge in [-0.1, -0.05) is 6.92 Å². The van der Waals surface area contributed by atoms with E-state index < -0.39 is 5.92 Å². The van der Waals surface area contributed by atoms with Crippen LogP contribution >= 0.6 is 0 Å². The Bertz CT molecular complexity index is 230. The Labute approximate surface area is 96.9 Å². The van der Waals surface area contributed by atoms with E-state index in [1.54, 1.807) is 19.1 Å². The quantitative estimate of drug-likeness (QED) is 0.612. The van der Waals surface area contributed by atoms with Crippen LogP contribution in [0, 0.1) is 17.2 Å². The maximum Gasteiger partial charge on any atom is 0.240 e. The lowest BCUT2D eigenvalue weighted by Gasteiger charge is -2.23. The van der Waals surface area contributed by atoms with Gasteiger partial charge in [0.2, 0.25) is 5.91 Å². The van der Waals surface area contributed by atoms with Crippen LogP contribution in [-0.2, 0) is 14.3 Å². The molecule has 92 valence electrons. The Hall–Kier alpha value is -1.12. The fourth-order valence-corrected chi connectivity index (χ4v) is 1.28. The van der Waals surface area contributed by atoms with E-state index >= 15 is 0 Å². The largest absolute Gasteiger partial charge is 0.383 e. The van der Waals surface area contributed by atoms with Crippen LogP contribution in [0.5, 0.6) is 0 Å². The van der Waals surface area contributed by atoms with E-state index in [0.29, 0.717) is 32.7 Å². The van der Waals surface area contributed by atoms with Crippen LogP contribution in [0.2, 0.25) is 0 Å². The average molecular weight is 228 g/mol. The molecular formula is C11H20N2O3. The lowest BCUT2D eigenvalue weighted by atomic mass is 10.1. The Morgan fingerprint density at radius 2 is 1.81 bits per heavy atom. The monoisotopic (exact) mass is 228 g/mol. The van der Waals surface area contributed by atoms with Gasteiger partial charge in [0.25, 0.3) is 0 Å². The van der Waals surface area contributed by atoms with E-state index in [0.717, 1.165) is 0 Å². The molecule has 0 fully saturated rings. The molecule has 0 spiro atoms.